The van der Waals surface area contributed by atoms with E-state index in [4.69, 9.17) is 14.2 Å². The highest BCUT2D eigenvalue weighted by atomic mass is 16.5. The molecule has 0 bridgehead atoms. The monoisotopic (exact) mass is 589 g/mol. The van der Waals surface area contributed by atoms with Crippen molar-refractivity contribution in [2.75, 3.05) is 13.2 Å². The molecule has 0 saturated heterocycles. The minimum atomic E-state index is -0.347. The first kappa shape index (κ1) is 32.5. The topological polar surface area (TPSA) is 90.9 Å². The molecule has 2 aromatic rings. The number of amides is 1. The van der Waals surface area contributed by atoms with Crippen LogP contribution in [0.25, 0.3) is 11.1 Å². The number of hydrogen-bond acceptors (Lipinski definition) is 6. The quantitative estimate of drug-likeness (QED) is 0.180. The number of rotatable bonds is 15. The molecule has 1 amide bonds. The van der Waals surface area contributed by atoms with Gasteiger partial charge >= 0.3 is 11.9 Å². The van der Waals surface area contributed by atoms with Crippen molar-refractivity contribution < 1.29 is 28.6 Å². The summed E-state index contributed by atoms with van der Waals surface area (Å²) in [5.41, 5.74) is 5.38. The van der Waals surface area contributed by atoms with Gasteiger partial charge in [0.25, 0.3) is 0 Å². The van der Waals surface area contributed by atoms with Crippen LogP contribution >= 0.6 is 0 Å². The van der Waals surface area contributed by atoms with Crippen molar-refractivity contribution >= 4 is 17.8 Å². The van der Waals surface area contributed by atoms with Gasteiger partial charge in [0.15, 0.2) is 0 Å². The first-order valence-electron chi connectivity index (χ1n) is 16.0. The number of ether oxygens (including phenoxy) is 3. The average molecular weight is 590 g/mol. The first-order chi connectivity index (χ1) is 20.9. The number of benzene rings is 2. The third-order valence-electron chi connectivity index (χ3n) is 8.76. The molecule has 7 heteroatoms. The number of fused-ring (bicyclic) bond motifs is 3. The molecular weight excluding hydrogens is 542 g/mol. The van der Waals surface area contributed by atoms with E-state index in [1.54, 1.807) is 6.92 Å². The smallest absolute Gasteiger partial charge is 0.333 e. The van der Waals surface area contributed by atoms with Gasteiger partial charge in [0, 0.05) is 36.3 Å². The van der Waals surface area contributed by atoms with Crippen molar-refractivity contribution in [2.24, 2.45) is 5.92 Å². The number of carbonyl (C=O) groups is 3. The molecule has 0 heterocycles. The second kappa shape index (κ2) is 15.9. The zero-order valence-corrected chi connectivity index (χ0v) is 26.1. The lowest BCUT2D eigenvalue weighted by atomic mass is 9.83. The van der Waals surface area contributed by atoms with Crippen molar-refractivity contribution in [3.8, 4) is 11.1 Å². The van der Waals surface area contributed by atoms with Crippen LogP contribution in [-0.4, -0.2) is 49.3 Å². The van der Waals surface area contributed by atoms with Gasteiger partial charge < -0.3 is 19.5 Å². The molecule has 2 aliphatic carbocycles. The third-order valence-corrected chi connectivity index (χ3v) is 8.76. The molecule has 0 saturated carbocycles. The predicted octanol–water partition coefficient (Wildman–Crippen LogP) is 6.88. The van der Waals surface area contributed by atoms with Crippen molar-refractivity contribution in [2.45, 2.75) is 103 Å². The maximum Gasteiger partial charge on any atom is 0.333 e. The minimum absolute atomic E-state index is 0.0243. The lowest BCUT2D eigenvalue weighted by molar-refractivity contribution is -0.144. The van der Waals surface area contributed by atoms with Crippen LogP contribution in [0, 0.1) is 5.92 Å². The van der Waals surface area contributed by atoms with Gasteiger partial charge in [-0.1, -0.05) is 75.7 Å². The first-order valence-corrected chi connectivity index (χ1v) is 16.0. The maximum atomic E-state index is 12.9. The highest BCUT2D eigenvalue weighted by molar-refractivity contribution is 5.89. The normalized spacial score (nSPS) is 19.4. The fourth-order valence-corrected chi connectivity index (χ4v) is 6.19. The largest absolute Gasteiger partial charge is 0.465 e. The van der Waals surface area contributed by atoms with Crippen LogP contribution in [0.3, 0.4) is 0 Å². The van der Waals surface area contributed by atoms with Crippen LogP contribution in [0.1, 0.15) is 96.1 Å². The summed E-state index contributed by atoms with van der Waals surface area (Å²) in [6.07, 6.45) is 6.71. The standard InChI is InChI=1S/C36H47NO6/c1-5-26(6-2)43-33-22-25(36(40)41-7-3)21-32(24(33)4)37-34(38)19-9-8-10-20-35(39)42-23-31-29-17-13-11-15-27(29)28-16-12-14-18-30(28)31/h11-18,22,24,26,31-33H,5-10,19-21,23H2,1-4H3,(H,37,38)/t24-,32+,33-/m1/s1. The van der Waals surface area contributed by atoms with Crippen LogP contribution in [-0.2, 0) is 28.6 Å². The molecule has 2 aliphatic rings. The van der Waals surface area contributed by atoms with Crippen molar-refractivity contribution in [3.05, 3.63) is 71.3 Å². The van der Waals surface area contributed by atoms with E-state index in [1.807, 2.05) is 30.3 Å². The van der Waals surface area contributed by atoms with E-state index in [-0.39, 0.29) is 47.9 Å². The zero-order chi connectivity index (χ0) is 30.8. The molecule has 7 nitrogen and oxygen atoms in total. The van der Waals surface area contributed by atoms with E-state index < -0.39 is 0 Å². The minimum Gasteiger partial charge on any atom is -0.465 e. The molecular formula is C36H47NO6. The molecule has 2 aromatic carbocycles. The highest BCUT2D eigenvalue weighted by Crippen LogP contribution is 2.44. The van der Waals surface area contributed by atoms with Gasteiger partial charge in [0.05, 0.1) is 18.8 Å². The van der Waals surface area contributed by atoms with Crippen LogP contribution in [0.15, 0.2) is 60.2 Å². The predicted molar refractivity (Wildman–Crippen MR) is 167 cm³/mol. The van der Waals surface area contributed by atoms with Crippen LogP contribution in [0.5, 0.6) is 0 Å². The second-order valence-corrected chi connectivity index (χ2v) is 11.7. The van der Waals surface area contributed by atoms with E-state index in [9.17, 15) is 14.4 Å². The number of esters is 2. The van der Waals surface area contributed by atoms with Gasteiger partial charge in [-0.3, -0.25) is 9.59 Å². The van der Waals surface area contributed by atoms with E-state index in [0.717, 1.165) is 19.3 Å². The second-order valence-electron chi connectivity index (χ2n) is 11.7. The Labute approximate surface area is 256 Å². The molecule has 0 aromatic heterocycles. The average Bonchev–Trinajstić information content (AvgIpc) is 3.33. The number of carbonyl (C=O) groups excluding carboxylic acids is 3. The summed E-state index contributed by atoms with van der Waals surface area (Å²) in [6, 6.07) is 16.4. The molecule has 1 N–H and O–H groups in total. The number of nitrogens with one attached hydrogen (secondary N) is 1. The zero-order valence-electron chi connectivity index (χ0n) is 26.1. The lowest BCUT2D eigenvalue weighted by Crippen LogP contribution is -2.47. The Hall–Kier alpha value is -3.45. The maximum absolute atomic E-state index is 12.9. The Kier molecular flexibility index (Phi) is 12.0. The molecule has 232 valence electrons. The van der Waals surface area contributed by atoms with E-state index in [2.05, 4.69) is 50.4 Å². The fraction of sp³-hybridized carbons (Fsp3) is 0.528. The van der Waals surface area contributed by atoms with Crippen molar-refractivity contribution in [1.29, 1.82) is 0 Å². The van der Waals surface area contributed by atoms with E-state index in [1.165, 1.54) is 22.3 Å². The third kappa shape index (κ3) is 8.35. The Bertz CT molecular complexity index is 1240. The number of hydrogen-bond donors (Lipinski definition) is 1. The van der Waals surface area contributed by atoms with Gasteiger partial charge in [0.2, 0.25) is 5.91 Å². The summed E-state index contributed by atoms with van der Waals surface area (Å²) < 4.78 is 17.3. The molecule has 43 heavy (non-hydrogen) atoms. The molecule has 0 fully saturated rings. The molecule has 4 rings (SSSR count). The van der Waals surface area contributed by atoms with Gasteiger partial charge in [0.1, 0.15) is 6.61 Å². The van der Waals surface area contributed by atoms with Gasteiger partial charge in [-0.25, -0.2) is 4.79 Å². The summed E-state index contributed by atoms with van der Waals surface area (Å²) in [5.74, 6) is -0.522. The van der Waals surface area contributed by atoms with E-state index >= 15 is 0 Å². The molecule has 3 atom stereocenters. The Morgan fingerprint density at radius 3 is 2.12 bits per heavy atom. The Morgan fingerprint density at radius 1 is 0.860 bits per heavy atom. The van der Waals surface area contributed by atoms with Gasteiger partial charge in [-0.2, -0.15) is 0 Å². The Morgan fingerprint density at radius 2 is 1.49 bits per heavy atom. The summed E-state index contributed by atoms with van der Waals surface area (Å²) in [5, 5.41) is 3.14. The van der Waals surface area contributed by atoms with Crippen LogP contribution < -0.4 is 5.32 Å². The van der Waals surface area contributed by atoms with Crippen molar-refractivity contribution in [3.63, 3.8) is 0 Å². The molecule has 0 unspecified atom stereocenters. The highest BCUT2D eigenvalue weighted by Gasteiger charge is 2.35. The van der Waals surface area contributed by atoms with Crippen LogP contribution in [0.2, 0.25) is 0 Å². The van der Waals surface area contributed by atoms with Crippen LogP contribution in [0.4, 0.5) is 0 Å². The molecule has 0 aliphatic heterocycles. The summed E-state index contributed by atoms with van der Waals surface area (Å²) in [6.45, 7) is 8.66. The summed E-state index contributed by atoms with van der Waals surface area (Å²) in [7, 11) is 0. The summed E-state index contributed by atoms with van der Waals surface area (Å²) >= 11 is 0. The van der Waals surface area contributed by atoms with Gasteiger partial charge in [-0.05, 0) is 67.4 Å². The van der Waals surface area contributed by atoms with E-state index in [0.29, 0.717) is 50.9 Å². The fourth-order valence-electron chi connectivity index (χ4n) is 6.19. The SMILES string of the molecule is CCOC(=O)C1=C[C@@H](OC(CC)CC)[C@H](C)[C@@H](NC(=O)CCCCCC(=O)OCC2c3ccccc3-c3ccccc32)C1. The molecule has 0 spiro atoms. The molecule has 0 radical (unpaired) electrons. The number of unbranched alkanes of at least 4 members (excludes halogenated alkanes) is 2. The Balaban J connectivity index is 1.20. The van der Waals surface area contributed by atoms with Crippen molar-refractivity contribution in [1.82, 2.24) is 5.32 Å². The lowest BCUT2D eigenvalue weighted by Gasteiger charge is -2.36. The summed E-state index contributed by atoms with van der Waals surface area (Å²) in [4.78, 5) is 38.0. The van der Waals surface area contributed by atoms with Gasteiger partial charge in [-0.15, -0.1) is 0 Å².